The third-order valence-electron chi connectivity index (χ3n) is 4.49. The van der Waals surface area contributed by atoms with Gasteiger partial charge in [-0.05, 0) is 0 Å². The molecule has 0 aliphatic carbocycles. The molecule has 0 saturated carbocycles. The van der Waals surface area contributed by atoms with E-state index in [0.29, 0.717) is 36.8 Å². The second-order valence-corrected chi connectivity index (χ2v) is 5.79. The molecule has 4 heterocycles. The Morgan fingerprint density at radius 3 is 3.05 bits per heavy atom. The van der Waals surface area contributed by atoms with Crippen molar-refractivity contribution < 1.29 is 13.9 Å². The van der Waals surface area contributed by atoms with Crippen molar-refractivity contribution in [2.45, 2.75) is 12.3 Å². The van der Waals surface area contributed by atoms with E-state index in [9.17, 15) is 0 Å². The minimum atomic E-state index is -0.251. The molecule has 2 aromatic heterocycles. The lowest BCUT2D eigenvalue weighted by molar-refractivity contribution is 0.166. The lowest BCUT2D eigenvalue weighted by Crippen LogP contribution is -2.36. The molecule has 2 aromatic rings. The van der Waals surface area contributed by atoms with E-state index in [4.69, 9.17) is 13.9 Å². The Morgan fingerprint density at radius 2 is 2.27 bits per heavy atom. The number of methoxy groups -OCH3 is 1. The molecule has 0 radical (unpaired) electrons. The Hall–Kier alpha value is -2.22. The van der Waals surface area contributed by atoms with E-state index in [-0.39, 0.29) is 5.41 Å². The Labute approximate surface area is 127 Å². The highest BCUT2D eigenvalue weighted by Crippen LogP contribution is 2.44. The number of rotatable bonds is 3. The summed E-state index contributed by atoms with van der Waals surface area (Å²) in [5.41, 5.74) is -0.251. The zero-order valence-electron chi connectivity index (χ0n) is 12.5. The van der Waals surface area contributed by atoms with E-state index >= 15 is 0 Å². The normalized spacial score (nSPS) is 27.2. The van der Waals surface area contributed by atoms with Gasteiger partial charge < -0.3 is 18.8 Å². The van der Waals surface area contributed by atoms with Gasteiger partial charge in [0.2, 0.25) is 17.7 Å². The molecule has 8 nitrogen and oxygen atoms in total. The highest BCUT2D eigenvalue weighted by Gasteiger charge is 2.55. The Balaban J connectivity index is 1.67. The molecule has 0 amide bonds. The lowest BCUT2D eigenvalue weighted by atomic mass is 9.81. The Kier molecular flexibility index (Phi) is 3.00. The molecule has 0 N–H and O–H groups in total. The van der Waals surface area contributed by atoms with Crippen LogP contribution in [0.5, 0.6) is 5.88 Å². The molecular weight excluding hydrogens is 286 g/mol. The number of anilines is 1. The van der Waals surface area contributed by atoms with Gasteiger partial charge in [0.1, 0.15) is 12.1 Å². The summed E-state index contributed by atoms with van der Waals surface area (Å²) in [6, 6.07) is 1.84. The minimum absolute atomic E-state index is 0.251. The fourth-order valence-electron chi connectivity index (χ4n) is 3.32. The van der Waals surface area contributed by atoms with Crippen LogP contribution in [0.3, 0.4) is 0 Å². The monoisotopic (exact) mass is 303 g/mol. The second-order valence-electron chi connectivity index (χ2n) is 5.79. The summed E-state index contributed by atoms with van der Waals surface area (Å²) >= 11 is 0. The minimum Gasteiger partial charge on any atom is -0.481 e. The molecule has 0 spiro atoms. The maximum Gasteiger partial charge on any atom is 0.227 e. The molecule has 2 atom stereocenters. The standard InChI is InChI=1S/C14H17N5O3/c1-9-17-18-13(22-9)14-6-19(4-10(14)5-21-7-14)11-3-12(20-2)16-8-15-11/h3,8,10H,4-7H2,1-2H3/t10-,14-/m0/s1. The molecular formula is C14H17N5O3. The number of hydrogen-bond donors (Lipinski definition) is 0. The molecule has 2 saturated heterocycles. The summed E-state index contributed by atoms with van der Waals surface area (Å²) in [7, 11) is 1.60. The first kappa shape index (κ1) is 13.4. The highest BCUT2D eigenvalue weighted by molar-refractivity contribution is 5.45. The van der Waals surface area contributed by atoms with Gasteiger partial charge in [-0.25, -0.2) is 9.97 Å². The molecule has 2 aliphatic heterocycles. The number of fused-ring (bicyclic) bond motifs is 1. The van der Waals surface area contributed by atoms with Crippen LogP contribution in [0.25, 0.3) is 0 Å². The fraction of sp³-hybridized carbons (Fsp3) is 0.571. The zero-order chi connectivity index (χ0) is 15.2. The van der Waals surface area contributed by atoms with Gasteiger partial charge in [-0.15, -0.1) is 10.2 Å². The molecule has 116 valence electrons. The van der Waals surface area contributed by atoms with Gasteiger partial charge in [0.05, 0.1) is 25.7 Å². The molecule has 8 heteroatoms. The summed E-state index contributed by atoms with van der Waals surface area (Å²) in [6.45, 7) is 4.67. The summed E-state index contributed by atoms with van der Waals surface area (Å²) in [6.07, 6.45) is 1.52. The van der Waals surface area contributed by atoms with Crippen molar-refractivity contribution in [1.82, 2.24) is 20.2 Å². The third kappa shape index (κ3) is 1.94. The molecule has 0 unspecified atom stereocenters. The van der Waals surface area contributed by atoms with Crippen molar-refractivity contribution in [3.8, 4) is 5.88 Å². The van der Waals surface area contributed by atoms with Gasteiger partial charge in [0.25, 0.3) is 0 Å². The zero-order valence-corrected chi connectivity index (χ0v) is 12.5. The predicted octanol–water partition coefficient (Wildman–Crippen LogP) is 0.581. The molecule has 22 heavy (non-hydrogen) atoms. The fourth-order valence-corrected chi connectivity index (χ4v) is 3.32. The Morgan fingerprint density at radius 1 is 1.36 bits per heavy atom. The van der Waals surface area contributed by atoms with Crippen LogP contribution in [0.1, 0.15) is 11.8 Å². The summed E-state index contributed by atoms with van der Waals surface area (Å²) in [4.78, 5) is 10.6. The van der Waals surface area contributed by atoms with E-state index in [1.165, 1.54) is 6.33 Å². The summed E-state index contributed by atoms with van der Waals surface area (Å²) in [5.74, 6) is 2.96. The van der Waals surface area contributed by atoms with Gasteiger partial charge in [-0.2, -0.15) is 0 Å². The first-order chi connectivity index (χ1) is 10.7. The second kappa shape index (κ2) is 4.91. The topological polar surface area (TPSA) is 86.4 Å². The first-order valence-electron chi connectivity index (χ1n) is 7.20. The van der Waals surface area contributed by atoms with Crippen molar-refractivity contribution in [1.29, 1.82) is 0 Å². The van der Waals surface area contributed by atoms with Crippen LogP contribution >= 0.6 is 0 Å². The van der Waals surface area contributed by atoms with Crippen LogP contribution in [0.4, 0.5) is 5.82 Å². The van der Waals surface area contributed by atoms with E-state index in [1.807, 2.05) is 6.07 Å². The van der Waals surface area contributed by atoms with Crippen molar-refractivity contribution in [2.75, 3.05) is 38.3 Å². The molecule has 0 aromatic carbocycles. The number of hydrogen-bond acceptors (Lipinski definition) is 8. The highest BCUT2D eigenvalue weighted by atomic mass is 16.5. The van der Waals surface area contributed by atoms with Crippen LogP contribution in [0.15, 0.2) is 16.8 Å². The quantitative estimate of drug-likeness (QED) is 0.814. The Bertz CT molecular complexity index is 691. The van der Waals surface area contributed by atoms with E-state index in [1.54, 1.807) is 14.0 Å². The molecule has 2 fully saturated rings. The number of aryl methyl sites for hydroxylation is 1. The van der Waals surface area contributed by atoms with Crippen molar-refractivity contribution >= 4 is 5.82 Å². The SMILES string of the molecule is COc1cc(N2C[C@H]3COC[C@@]3(c3nnc(C)o3)C2)ncn1. The van der Waals surface area contributed by atoms with E-state index in [0.717, 1.165) is 18.9 Å². The van der Waals surface area contributed by atoms with E-state index in [2.05, 4.69) is 25.1 Å². The van der Waals surface area contributed by atoms with Gasteiger partial charge in [0.15, 0.2) is 0 Å². The smallest absolute Gasteiger partial charge is 0.227 e. The first-order valence-corrected chi connectivity index (χ1v) is 7.20. The third-order valence-corrected chi connectivity index (χ3v) is 4.49. The predicted molar refractivity (Wildman–Crippen MR) is 75.8 cm³/mol. The van der Waals surface area contributed by atoms with Gasteiger partial charge in [-0.1, -0.05) is 0 Å². The molecule has 2 aliphatic rings. The van der Waals surface area contributed by atoms with E-state index < -0.39 is 0 Å². The van der Waals surface area contributed by atoms with Gasteiger partial charge in [0, 0.05) is 32.0 Å². The van der Waals surface area contributed by atoms with Gasteiger partial charge >= 0.3 is 0 Å². The maximum atomic E-state index is 5.71. The van der Waals surface area contributed by atoms with Crippen molar-refractivity contribution in [2.24, 2.45) is 5.92 Å². The van der Waals surface area contributed by atoms with Crippen LogP contribution in [-0.2, 0) is 10.2 Å². The number of aromatic nitrogens is 4. The van der Waals surface area contributed by atoms with Crippen LogP contribution in [-0.4, -0.2) is 53.6 Å². The van der Waals surface area contributed by atoms with Crippen LogP contribution in [0.2, 0.25) is 0 Å². The van der Waals surface area contributed by atoms with Crippen LogP contribution < -0.4 is 9.64 Å². The van der Waals surface area contributed by atoms with Crippen LogP contribution in [0, 0.1) is 12.8 Å². The summed E-state index contributed by atoms with van der Waals surface area (Å²) in [5, 5.41) is 8.22. The largest absolute Gasteiger partial charge is 0.481 e. The average molecular weight is 303 g/mol. The number of nitrogens with zero attached hydrogens (tertiary/aromatic N) is 5. The van der Waals surface area contributed by atoms with Crippen molar-refractivity contribution in [3.05, 3.63) is 24.2 Å². The molecule has 4 rings (SSSR count). The number of ether oxygens (including phenoxy) is 2. The lowest BCUT2D eigenvalue weighted by Gasteiger charge is -2.23. The van der Waals surface area contributed by atoms with Gasteiger partial charge in [-0.3, -0.25) is 0 Å². The summed E-state index contributed by atoms with van der Waals surface area (Å²) < 4.78 is 16.6. The maximum absolute atomic E-state index is 5.71. The van der Waals surface area contributed by atoms with Crippen molar-refractivity contribution in [3.63, 3.8) is 0 Å². The average Bonchev–Trinajstić information content (AvgIpc) is 3.20. The molecule has 0 bridgehead atoms.